The van der Waals surface area contributed by atoms with E-state index < -0.39 is 35.6 Å². The number of fused-ring (bicyclic) bond motifs is 1. The number of nitrogens with zero attached hydrogens (tertiary/aromatic N) is 4. The summed E-state index contributed by atoms with van der Waals surface area (Å²) in [5.41, 5.74) is 0.654. The summed E-state index contributed by atoms with van der Waals surface area (Å²) in [5, 5.41) is 11.2. The van der Waals surface area contributed by atoms with Crippen molar-refractivity contribution in [3.05, 3.63) is 53.2 Å². The molecular weight excluding hydrogens is 542 g/mol. The number of pyridine rings is 1. The first-order valence-electron chi connectivity index (χ1n) is 14.5. The number of anilines is 1. The number of aromatic carboxylic acids is 1. The van der Waals surface area contributed by atoms with Crippen molar-refractivity contribution in [1.29, 1.82) is 0 Å². The van der Waals surface area contributed by atoms with Crippen molar-refractivity contribution in [2.24, 2.45) is 0 Å². The molecule has 4 heterocycles. The number of carboxylic acids is 1. The van der Waals surface area contributed by atoms with Gasteiger partial charge in [0, 0.05) is 38.8 Å². The van der Waals surface area contributed by atoms with Crippen LogP contribution in [0.25, 0.3) is 0 Å². The second kappa shape index (κ2) is 13.1. The molecule has 12 heteroatoms. The highest BCUT2D eigenvalue weighted by molar-refractivity contribution is 6.23. The first-order valence-corrected chi connectivity index (χ1v) is 14.5. The zero-order chi connectivity index (χ0) is 29.6. The van der Waals surface area contributed by atoms with Gasteiger partial charge in [0.1, 0.15) is 17.6 Å². The third kappa shape index (κ3) is 6.59. The summed E-state index contributed by atoms with van der Waals surface area (Å²) >= 11 is 0. The minimum absolute atomic E-state index is 0.0846. The first kappa shape index (κ1) is 29.2. The van der Waals surface area contributed by atoms with Gasteiger partial charge in [-0.05, 0) is 56.1 Å². The van der Waals surface area contributed by atoms with Crippen molar-refractivity contribution in [1.82, 2.24) is 20.1 Å². The molecule has 3 aliphatic rings. The largest absolute Gasteiger partial charge is 0.494 e. The van der Waals surface area contributed by atoms with Crippen LogP contribution in [-0.2, 0) is 9.59 Å². The van der Waals surface area contributed by atoms with E-state index in [1.165, 1.54) is 6.20 Å². The van der Waals surface area contributed by atoms with Gasteiger partial charge in [0.25, 0.3) is 11.8 Å². The highest BCUT2D eigenvalue weighted by Crippen LogP contribution is 2.30. The predicted molar refractivity (Wildman–Crippen MR) is 152 cm³/mol. The van der Waals surface area contributed by atoms with E-state index in [2.05, 4.69) is 20.1 Å². The number of piperidine rings is 1. The number of benzene rings is 1. The van der Waals surface area contributed by atoms with Crippen LogP contribution in [0.3, 0.4) is 0 Å². The Labute approximate surface area is 243 Å². The Bertz CT molecular complexity index is 1350. The Kier molecular flexibility index (Phi) is 9.11. The number of carbonyl (C=O) groups is 5. The number of hydrogen-bond acceptors (Lipinski definition) is 9. The van der Waals surface area contributed by atoms with Crippen LogP contribution in [0.2, 0.25) is 0 Å². The van der Waals surface area contributed by atoms with Crippen molar-refractivity contribution >= 4 is 35.4 Å². The number of carboxylic acid groups (broad SMARTS) is 1. The minimum Gasteiger partial charge on any atom is -0.494 e. The maximum atomic E-state index is 12.9. The van der Waals surface area contributed by atoms with Crippen molar-refractivity contribution in [3.8, 4) is 5.75 Å². The lowest BCUT2D eigenvalue weighted by Gasteiger charge is -2.35. The second-order valence-corrected chi connectivity index (χ2v) is 10.8. The van der Waals surface area contributed by atoms with E-state index >= 15 is 0 Å². The van der Waals surface area contributed by atoms with Gasteiger partial charge < -0.3 is 14.7 Å². The van der Waals surface area contributed by atoms with Crippen LogP contribution < -0.4 is 15.0 Å². The van der Waals surface area contributed by atoms with Gasteiger partial charge in [-0.1, -0.05) is 19.3 Å². The Hall–Kier alpha value is -4.32. The van der Waals surface area contributed by atoms with Gasteiger partial charge in [0.05, 0.1) is 23.3 Å². The molecule has 1 atom stereocenters. The zero-order valence-corrected chi connectivity index (χ0v) is 23.4. The summed E-state index contributed by atoms with van der Waals surface area (Å²) in [6.07, 6.45) is 6.86. The van der Waals surface area contributed by atoms with Crippen molar-refractivity contribution in [2.75, 3.05) is 44.2 Å². The van der Waals surface area contributed by atoms with Gasteiger partial charge in [-0.3, -0.25) is 34.3 Å². The number of piperazine rings is 1. The number of imide groups is 2. The SMILES string of the molecule is O=C1CCC(N2C(=O)c3ccc(OCCCCCCCN4CCN(c5ccc(C(=O)O)cn5)CC4)cc3C2=O)C(=O)N1. The van der Waals surface area contributed by atoms with Crippen molar-refractivity contribution < 1.29 is 33.8 Å². The fraction of sp³-hybridized carbons (Fsp3) is 0.467. The molecule has 0 spiro atoms. The zero-order valence-electron chi connectivity index (χ0n) is 23.4. The lowest BCUT2D eigenvalue weighted by atomic mass is 10.0. The number of aromatic nitrogens is 1. The summed E-state index contributed by atoms with van der Waals surface area (Å²) in [4.78, 5) is 70.3. The highest BCUT2D eigenvalue weighted by atomic mass is 16.5. The van der Waals surface area contributed by atoms with Gasteiger partial charge in [-0.2, -0.15) is 0 Å². The van der Waals surface area contributed by atoms with E-state index in [-0.39, 0.29) is 29.5 Å². The maximum absolute atomic E-state index is 12.9. The molecule has 2 saturated heterocycles. The van der Waals surface area contributed by atoms with E-state index in [1.54, 1.807) is 30.3 Å². The molecule has 0 radical (unpaired) electrons. The summed E-state index contributed by atoms with van der Waals surface area (Å²) in [7, 11) is 0. The normalized spacial score (nSPS) is 19.2. The molecule has 222 valence electrons. The summed E-state index contributed by atoms with van der Waals surface area (Å²) in [6.45, 7) is 5.20. The highest BCUT2D eigenvalue weighted by Gasteiger charge is 2.44. The van der Waals surface area contributed by atoms with Crippen LogP contribution >= 0.6 is 0 Å². The first-order chi connectivity index (χ1) is 20.3. The van der Waals surface area contributed by atoms with Crippen molar-refractivity contribution in [3.63, 3.8) is 0 Å². The molecule has 4 amide bonds. The quantitative estimate of drug-likeness (QED) is 0.284. The fourth-order valence-electron chi connectivity index (χ4n) is 5.60. The van der Waals surface area contributed by atoms with E-state index in [9.17, 15) is 24.0 Å². The van der Waals surface area contributed by atoms with Crippen LogP contribution in [0.4, 0.5) is 5.82 Å². The molecule has 5 rings (SSSR count). The molecule has 0 saturated carbocycles. The van der Waals surface area contributed by atoms with Gasteiger partial charge in [-0.15, -0.1) is 0 Å². The average Bonchev–Trinajstić information content (AvgIpc) is 3.23. The standard InChI is InChI=1S/C30H35N5O7/c36-26-11-9-24(27(37)32-26)35-28(38)22-8-7-21(18-23(22)29(35)39)42-17-5-3-1-2-4-12-33-13-15-34(16-14-33)25-10-6-20(19-31-25)30(40)41/h6-8,10,18-19,24H,1-5,9,11-17H2,(H,40,41)(H,32,36,37). The van der Waals surface area contributed by atoms with Crippen LogP contribution in [0, 0.1) is 0 Å². The van der Waals surface area contributed by atoms with Crippen molar-refractivity contribution in [2.45, 2.75) is 51.0 Å². The molecule has 42 heavy (non-hydrogen) atoms. The van der Waals surface area contributed by atoms with E-state index in [4.69, 9.17) is 9.84 Å². The molecule has 12 nitrogen and oxygen atoms in total. The second-order valence-electron chi connectivity index (χ2n) is 10.8. The molecule has 2 fully saturated rings. The molecule has 1 unspecified atom stereocenters. The molecule has 2 N–H and O–H groups in total. The van der Waals surface area contributed by atoms with E-state index in [0.29, 0.717) is 12.4 Å². The van der Waals surface area contributed by atoms with E-state index in [0.717, 1.165) is 75.5 Å². The van der Waals surface area contributed by atoms with Crippen LogP contribution in [-0.4, -0.2) is 94.9 Å². The number of rotatable bonds is 12. The molecule has 3 aliphatic heterocycles. The smallest absolute Gasteiger partial charge is 0.337 e. The number of hydrogen-bond donors (Lipinski definition) is 2. The fourth-order valence-corrected chi connectivity index (χ4v) is 5.60. The molecule has 0 aliphatic carbocycles. The number of ether oxygens (including phenoxy) is 1. The molecule has 2 aromatic rings. The molecule has 0 bridgehead atoms. The minimum atomic E-state index is -0.980. The predicted octanol–water partition coefficient (Wildman–Crippen LogP) is 2.33. The number of nitrogens with one attached hydrogen (secondary N) is 1. The van der Waals surface area contributed by atoms with Gasteiger partial charge in [0.2, 0.25) is 11.8 Å². The van der Waals surface area contributed by atoms with Gasteiger partial charge in [0.15, 0.2) is 0 Å². The van der Waals surface area contributed by atoms with E-state index in [1.807, 2.05) is 0 Å². The number of amides is 4. The average molecular weight is 578 g/mol. The Morgan fingerprint density at radius 1 is 0.929 bits per heavy atom. The summed E-state index contributed by atoms with van der Waals surface area (Å²) in [5.74, 6) is -1.74. The van der Waals surface area contributed by atoms with Crippen LogP contribution in [0.15, 0.2) is 36.5 Å². The van der Waals surface area contributed by atoms with Crippen LogP contribution in [0.1, 0.15) is 76.0 Å². The Balaban J connectivity index is 0.961. The molecular formula is C30H35N5O7. The maximum Gasteiger partial charge on any atom is 0.337 e. The Morgan fingerprint density at radius 2 is 1.67 bits per heavy atom. The third-order valence-corrected chi connectivity index (χ3v) is 7.99. The Morgan fingerprint density at radius 3 is 2.38 bits per heavy atom. The third-order valence-electron chi connectivity index (χ3n) is 7.99. The van der Waals surface area contributed by atoms with Crippen LogP contribution in [0.5, 0.6) is 5.75 Å². The lowest BCUT2D eigenvalue weighted by molar-refractivity contribution is -0.136. The summed E-state index contributed by atoms with van der Waals surface area (Å²) < 4.78 is 5.84. The summed E-state index contributed by atoms with van der Waals surface area (Å²) in [6, 6.07) is 7.16. The lowest BCUT2D eigenvalue weighted by Crippen LogP contribution is -2.54. The number of carbonyl (C=O) groups excluding carboxylic acids is 4. The molecule has 1 aromatic heterocycles. The number of unbranched alkanes of at least 4 members (excludes halogenated alkanes) is 4. The molecule has 1 aromatic carbocycles. The van der Waals surface area contributed by atoms with Gasteiger partial charge >= 0.3 is 5.97 Å². The van der Waals surface area contributed by atoms with Gasteiger partial charge in [-0.25, -0.2) is 9.78 Å². The topological polar surface area (TPSA) is 149 Å². The monoisotopic (exact) mass is 577 g/mol.